The molecule has 0 saturated carbocycles. The Hall–Kier alpha value is -0.610. The van der Waals surface area contributed by atoms with Crippen LogP contribution in [0, 0.1) is 5.92 Å². The number of carboxylic acid groups (broad SMARTS) is 1. The van der Waals surface area contributed by atoms with Crippen LogP contribution in [-0.2, 0) is 4.79 Å². The number of nitrogens with zero attached hydrogens (tertiary/aromatic N) is 1. The minimum absolute atomic E-state index is 0.250. The molecular weight excluding hydrogens is 192 g/mol. The van der Waals surface area contributed by atoms with Gasteiger partial charge in [-0.15, -0.1) is 0 Å². The Labute approximate surface area is 92.7 Å². The maximum absolute atomic E-state index is 10.3. The molecule has 1 atom stereocenters. The first kappa shape index (κ1) is 14.4. The van der Waals surface area contributed by atoms with E-state index in [-0.39, 0.29) is 6.42 Å². The predicted octanol–water partition coefficient (Wildman–Crippen LogP) is 1.03. The highest BCUT2D eigenvalue weighted by Crippen LogP contribution is 2.02. The normalized spacial score (nSPS) is 13.5. The molecule has 15 heavy (non-hydrogen) atoms. The van der Waals surface area contributed by atoms with Gasteiger partial charge in [0.1, 0.15) is 0 Å². The average molecular weight is 216 g/mol. The summed E-state index contributed by atoms with van der Waals surface area (Å²) in [5.74, 6) is -0.150. The Morgan fingerprint density at radius 3 is 2.40 bits per heavy atom. The second kappa shape index (κ2) is 7.65. The lowest BCUT2D eigenvalue weighted by atomic mass is 10.0. The van der Waals surface area contributed by atoms with Gasteiger partial charge in [0.15, 0.2) is 0 Å². The number of rotatable bonds is 8. The van der Waals surface area contributed by atoms with Crippen molar-refractivity contribution in [3.8, 4) is 0 Å². The lowest BCUT2D eigenvalue weighted by molar-refractivity contribution is -0.137. The SMILES string of the molecule is CC(C)C(CN(C)C)NCCCC(=O)O. The molecule has 1 unspecified atom stereocenters. The van der Waals surface area contributed by atoms with Crippen LogP contribution in [0.3, 0.4) is 0 Å². The van der Waals surface area contributed by atoms with Crippen molar-refractivity contribution in [2.75, 3.05) is 27.2 Å². The lowest BCUT2D eigenvalue weighted by Gasteiger charge is -2.25. The van der Waals surface area contributed by atoms with Gasteiger partial charge < -0.3 is 15.3 Å². The molecule has 90 valence electrons. The third-order valence-electron chi connectivity index (χ3n) is 2.34. The summed E-state index contributed by atoms with van der Waals surface area (Å²) in [7, 11) is 4.10. The molecule has 0 aliphatic carbocycles. The minimum Gasteiger partial charge on any atom is -0.481 e. The fourth-order valence-corrected chi connectivity index (χ4v) is 1.43. The summed E-state index contributed by atoms with van der Waals surface area (Å²) in [5, 5.41) is 11.9. The first-order valence-corrected chi connectivity index (χ1v) is 5.53. The Balaban J connectivity index is 3.71. The van der Waals surface area contributed by atoms with Crippen LogP contribution >= 0.6 is 0 Å². The predicted molar refractivity (Wildman–Crippen MR) is 62.1 cm³/mol. The zero-order valence-corrected chi connectivity index (χ0v) is 10.3. The van der Waals surface area contributed by atoms with Crippen molar-refractivity contribution in [3.63, 3.8) is 0 Å². The highest BCUT2D eigenvalue weighted by atomic mass is 16.4. The second-order valence-electron chi connectivity index (χ2n) is 4.56. The molecule has 0 aliphatic heterocycles. The van der Waals surface area contributed by atoms with Crippen LogP contribution in [0.5, 0.6) is 0 Å². The summed E-state index contributed by atoms with van der Waals surface area (Å²) in [6, 6.07) is 0.439. The molecule has 0 aromatic rings. The molecule has 0 rings (SSSR count). The zero-order chi connectivity index (χ0) is 11.8. The second-order valence-corrected chi connectivity index (χ2v) is 4.56. The van der Waals surface area contributed by atoms with Gasteiger partial charge in [-0.25, -0.2) is 0 Å². The van der Waals surface area contributed by atoms with Gasteiger partial charge in [-0.3, -0.25) is 4.79 Å². The molecule has 4 nitrogen and oxygen atoms in total. The van der Waals surface area contributed by atoms with Crippen LogP contribution in [0.25, 0.3) is 0 Å². The molecule has 0 bridgehead atoms. The fraction of sp³-hybridized carbons (Fsp3) is 0.909. The summed E-state index contributed by atoms with van der Waals surface area (Å²) >= 11 is 0. The van der Waals surface area contributed by atoms with Crippen LogP contribution < -0.4 is 5.32 Å². The molecule has 0 saturated heterocycles. The number of hydrogen-bond donors (Lipinski definition) is 2. The van der Waals surface area contributed by atoms with E-state index in [4.69, 9.17) is 5.11 Å². The molecule has 0 heterocycles. The van der Waals surface area contributed by atoms with Crippen molar-refractivity contribution in [1.29, 1.82) is 0 Å². The van der Waals surface area contributed by atoms with E-state index < -0.39 is 5.97 Å². The van der Waals surface area contributed by atoms with E-state index >= 15 is 0 Å². The first-order chi connectivity index (χ1) is 6.93. The van der Waals surface area contributed by atoms with Crippen LogP contribution in [-0.4, -0.2) is 49.2 Å². The van der Waals surface area contributed by atoms with Gasteiger partial charge in [-0.1, -0.05) is 13.8 Å². The number of carbonyl (C=O) groups is 1. The quantitative estimate of drug-likeness (QED) is 0.595. The lowest BCUT2D eigenvalue weighted by Crippen LogP contribution is -2.42. The maximum Gasteiger partial charge on any atom is 0.303 e. The average Bonchev–Trinajstić information content (AvgIpc) is 2.08. The van der Waals surface area contributed by atoms with Gasteiger partial charge in [-0.05, 0) is 33.0 Å². The summed E-state index contributed by atoms with van der Waals surface area (Å²) in [6.45, 7) is 6.13. The molecule has 0 amide bonds. The molecule has 0 aromatic heterocycles. The monoisotopic (exact) mass is 216 g/mol. The van der Waals surface area contributed by atoms with E-state index in [0.717, 1.165) is 13.1 Å². The smallest absolute Gasteiger partial charge is 0.303 e. The highest BCUT2D eigenvalue weighted by Gasteiger charge is 2.13. The molecular formula is C11H24N2O2. The Kier molecular flexibility index (Phi) is 7.34. The van der Waals surface area contributed by atoms with E-state index in [1.165, 1.54) is 0 Å². The summed E-state index contributed by atoms with van der Waals surface area (Å²) in [6.07, 6.45) is 0.950. The van der Waals surface area contributed by atoms with E-state index in [1.807, 2.05) is 14.1 Å². The third-order valence-corrected chi connectivity index (χ3v) is 2.34. The Morgan fingerprint density at radius 1 is 1.40 bits per heavy atom. The number of likely N-dealkylation sites (N-methyl/N-ethyl adjacent to an activating group) is 1. The molecule has 4 heteroatoms. The van der Waals surface area contributed by atoms with Gasteiger partial charge in [0.25, 0.3) is 0 Å². The van der Waals surface area contributed by atoms with E-state index in [0.29, 0.717) is 18.4 Å². The number of aliphatic carboxylic acids is 1. The minimum atomic E-state index is -0.717. The maximum atomic E-state index is 10.3. The number of nitrogens with one attached hydrogen (secondary N) is 1. The van der Waals surface area contributed by atoms with Crippen molar-refractivity contribution in [2.24, 2.45) is 5.92 Å². The molecule has 0 radical (unpaired) electrons. The van der Waals surface area contributed by atoms with Gasteiger partial charge in [0.2, 0.25) is 0 Å². The number of carboxylic acids is 1. The van der Waals surface area contributed by atoms with Gasteiger partial charge in [-0.2, -0.15) is 0 Å². The standard InChI is InChI=1S/C11H24N2O2/c1-9(2)10(8-13(3)4)12-7-5-6-11(14)15/h9-10,12H,5-8H2,1-4H3,(H,14,15). The van der Waals surface area contributed by atoms with Crippen LogP contribution in [0.15, 0.2) is 0 Å². The number of hydrogen-bond acceptors (Lipinski definition) is 3. The van der Waals surface area contributed by atoms with Crippen molar-refractivity contribution >= 4 is 5.97 Å². The van der Waals surface area contributed by atoms with E-state index in [1.54, 1.807) is 0 Å². The molecule has 2 N–H and O–H groups in total. The van der Waals surface area contributed by atoms with Crippen molar-refractivity contribution < 1.29 is 9.90 Å². The first-order valence-electron chi connectivity index (χ1n) is 5.53. The molecule has 0 aliphatic rings. The summed E-state index contributed by atoms with van der Waals surface area (Å²) in [4.78, 5) is 12.5. The van der Waals surface area contributed by atoms with Crippen LogP contribution in [0.1, 0.15) is 26.7 Å². The van der Waals surface area contributed by atoms with E-state index in [9.17, 15) is 4.79 Å². The van der Waals surface area contributed by atoms with E-state index in [2.05, 4.69) is 24.1 Å². The topological polar surface area (TPSA) is 52.6 Å². The third kappa shape index (κ3) is 8.39. The van der Waals surface area contributed by atoms with Crippen molar-refractivity contribution in [2.45, 2.75) is 32.7 Å². The van der Waals surface area contributed by atoms with Gasteiger partial charge >= 0.3 is 5.97 Å². The van der Waals surface area contributed by atoms with Crippen LogP contribution in [0.4, 0.5) is 0 Å². The Morgan fingerprint density at radius 2 is 2.00 bits per heavy atom. The zero-order valence-electron chi connectivity index (χ0n) is 10.3. The highest BCUT2D eigenvalue weighted by molar-refractivity contribution is 5.66. The summed E-state index contributed by atoms with van der Waals surface area (Å²) < 4.78 is 0. The Bertz CT molecular complexity index is 181. The van der Waals surface area contributed by atoms with Crippen LogP contribution in [0.2, 0.25) is 0 Å². The largest absolute Gasteiger partial charge is 0.481 e. The molecule has 0 aromatic carbocycles. The molecule has 0 fully saturated rings. The molecule has 0 spiro atoms. The van der Waals surface area contributed by atoms with Crippen molar-refractivity contribution in [1.82, 2.24) is 10.2 Å². The summed E-state index contributed by atoms with van der Waals surface area (Å²) in [5.41, 5.74) is 0. The van der Waals surface area contributed by atoms with Gasteiger partial charge in [0.05, 0.1) is 0 Å². The van der Waals surface area contributed by atoms with Crippen molar-refractivity contribution in [3.05, 3.63) is 0 Å². The van der Waals surface area contributed by atoms with Gasteiger partial charge in [0, 0.05) is 19.0 Å². The fourth-order valence-electron chi connectivity index (χ4n) is 1.43.